The van der Waals surface area contributed by atoms with Gasteiger partial charge in [-0.05, 0) is 24.1 Å². The molecule has 5 N–H and O–H groups in total. The molecular weight excluding hydrogens is 442 g/mol. The average molecular weight is 475 g/mol. The van der Waals surface area contributed by atoms with Gasteiger partial charge in [-0.1, -0.05) is 13.0 Å². The van der Waals surface area contributed by atoms with Gasteiger partial charge in [-0.3, -0.25) is 9.79 Å². The Morgan fingerprint density at radius 1 is 1.41 bits per heavy atom. The molecule has 0 aliphatic carbocycles. The van der Waals surface area contributed by atoms with Crippen LogP contribution in [0.1, 0.15) is 43.7 Å². The highest BCUT2D eigenvalue weighted by Crippen LogP contribution is 2.31. The molecule has 1 aromatic carbocycles. The van der Waals surface area contributed by atoms with E-state index in [0.717, 1.165) is 12.1 Å². The topological polar surface area (TPSA) is 118 Å². The van der Waals surface area contributed by atoms with E-state index in [9.17, 15) is 13.6 Å². The van der Waals surface area contributed by atoms with Crippen LogP contribution in [-0.2, 0) is 9.53 Å². The number of amidine groups is 1. The first-order valence-electron chi connectivity index (χ1n) is 11.3. The number of allylic oxidation sites excluding steroid dienone is 1. The van der Waals surface area contributed by atoms with Gasteiger partial charge in [0.1, 0.15) is 5.84 Å². The van der Waals surface area contributed by atoms with Crippen molar-refractivity contribution >= 4 is 29.2 Å². The van der Waals surface area contributed by atoms with Crippen molar-refractivity contribution in [3.05, 3.63) is 46.8 Å². The molecule has 2 aliphatic rings. The normalized spacial score (nSPS) is 20.0. The van der Waals surface area contributed by atoms with Crippen molar-refractivity contribution in [1.29, 1.82) is 0 Å². The lowest BCUT2D eigenvalue weighted by Crippen LogP contribution is -2.43. The maximum atomic E-state index is 13.8. The molecule has 0 spiro atoms. The van der Waals surface area contributed by atoms with Crippen molar-refractivity contribution in [2.24, 2.45) is 21.5 Å². The van der Waals surface area contributed by atoms with Crippen molar-refractivity contribution in [1.82, 2.24) is 10.2 Å². The Labute approximate surface area is 198 Å². The van der Waals surface area contributed by atoms with Gasteiger partial charge in [0.2, 0.25) is 5.91 Å². The minimum atomic E-state index is -2.74. The molecule has 0 saturated carbocycles. The number of nitrogens with zero attached hydrogens (tertiary/aromatic N) is 3. The highest BCUT2D eigenvalue weighted by atomic mass is 19.3. The van der Waals surface area contributed by atoms with E-state index in [-0.39, 0.29) is 34.6 Å². The van der Waals surface area contributed by atoms with E-state index >= 15 is 0 Å². The summed E-state index contributed by atoms with van der Waals surface area (Å²) in [5.41, 5.74) is 14.3. The molecule has 1 unspecified atom stereocenters. The number of halogens is 2. The predicted molar refractivity (Wildman–Crippen MR) is 130 cm³/mol. The van der Waals surface area contributed by atoms with Crippen LogP contribution in [0.3, 0.4) is 0 Å². The molecule has 184 valence electrons. The van der Waals surface area contributed by atoms with Crippen LogP contribution >= 0.6 is 0 Å². The summed E-state index contributed by atoms with van der Waals surface area (Å²) in [4.78, 5) is 22.4. The van der Waals surface area contributed by atoms with Gasteiger partial charge in [-0.2, -0.15) is 0 Å². The Morgan fingerprint density at radius 3 is 2.82 bits per heavy atom. The fourth-order valence-corrected chi connectivity index (χ4v) is 4.10. The van der Waals surface area contributed by atoms with E-state index in [0.29, 0.717) is 50.3 Å². The number of nitrogens with one attached hydrogen (secondary N) is 1. The molecule has 0 radical (unpaired) electrons. The van der Waals surface area contributed by atoms with E-state index in [1.165, 1.54) is 24.5 Å². The quantitative estimate of drug-likeness (QED) is 0.396. The number of aliphatic imine (C=N–C) groups is 2. The van der Waals surface area contributed by atoms with Gasteiger partial charge < -0.3 is 26.4 Å². The molecule has 1 atom stereocenters. The summed E-state index contributed by atoms with van der Waals surface area (Å²) in [6.45, 7) is 3.99. The number of carbonyl (C=O) groups excluding carboxylic acids is 1. The second-order valence-corrected chi connectivity index (χ2v) is 8.16. The Kier molecular flexibility index (Phi) is 8.75. The van der Waals surface area contributed by atoms with Crippen LogP contribution in [0.15, 0.2) is 45.7 Å². The molecule has 2 aliphatic heterocycles. The van der Waals surface area contributed by atoms with Crippen molar-refractivity contribution in [3.8, 4) is 0 Å². The third kappa shape index (κ3) is 5.99. The van der Waals surface area contributed by atoms with E-state index in [4.69, 9.17) is 16.2 Å². The highest BCUT2D eigenvalue weighted by molar-refractivity contribution is 6.10. The zero-order valence-electron chi connectivity index (χ0n) is 19.6. The first-order valence-corrected chi connectivity index (χ1v) is 11.3. The van der Waals surface area contributed by atoms with E-state index in [2.05, 4.69) is 15.3 Å². The second kappa shape index (κ2) is 11.7. The standard InChI is InChI=1S/C24H32F2N6O2/c1-3-22(33)32-8-6-21(30-17-7-9-34-14-17)20(13-32)24(28)31-16-4-5-18(15(11-27)12-29-2)19(10-16)23(25)26/h4-5,10-12,17,23,30H,3,6-9,13-14,27H2,1-2H3,(H2,28,31). The number of alkyl halides is 2. The number of amides is 1. The van der Waals surface area contributed by atoms with Gasteiger partial charge in [0, 0.05) is 67.9 Å². The third-order valence-corrected chi connectivity index (χ3v) is 5.90. The Balaban J connectivity index is 1.97. The number of hydrogen-bond donors (Lipinski definition) is 3. The van der Waals surface area contributed by atoms with Gasteiger partial charge in [-0.15, -0.1) is 0 Å². The molecule has 0 aromatic heterocycles. The summed E-state index contributed by atoms with van der Waals surface area (Å²) >= 11 is 0. The monoisotopic (exact) mass is 474 g/mol. The smallest absolute Gasteiger partial charge is 0.264 e. The Bertz CT molecular complexity index is 1010. The van der Waals surface area contributed by atoms with E-state index in [1.807, 2.05) is 6.92 Å². The van der Waals surface area contributed by atoms with Crippen LogP contribution in [0.4, 0.5) is 14.5 Å². The molecule has 8 nitrogen and oxygen atoms in total. The molecule has 1 amide bonds. The zero-order chi connectivity index (χ0) is 24.7. The number of carbonyl (C=O) groups is 1. The molecule has 1 aromatic rings. The van der Waals surface area contributed by atoms with Gasteiger partial charge in [0.15, 0.2) is 0 Å². The number of hydrogen-bond acceptors (Lipinski definition) is 6. The fourth-order valence-electron chi connectivity index (χ4n) is 4.10. The minimum absolute atomic E-state index is 0.0246. The number of benzene rings is 1. The molecule has 2 heterocycles. The maximum Gasteiger partial charge on any atom is 0.264 e. The summed E-state index contributed by atoms with van der Waals surface area (Å²) in [6.07, 6.45) is 1.80. The molecule has 1 fully saturated rings. The zero-order valence-corrected chi connectivity index (χ0v) is 19.6. The number of nitrogens with two attached hydrogens (primary N) is 2. The van der Waals surface area contributed by atoms with Gasteiger partial charge in [0.05, 0.1) is 24.9 Å². The lowest BCUT2D eigenvalue weighted by Gasteiger charge is -2.32. The molecular formula is C24H32F2N6O2. The molecule has 10 heteroatoms. The summed E-state index contributed by atoms with van der Waals surface area (Å²) in [6, 6.07) is 4.61. The van der Waals surface area contributed by atoms with Crippen molar-refractivity contribution in [2.75, 3.05) is 33.4 Å². The molecule has 1 saturated heterocycles. The largest absolute Gasteiger partial charge is 0.404 e. The molecule has 3 rings (SSSR count). The first kappa shape index (κ1) is 25.4. The summed E-state index contributed by atoms with van der Waals surface area (Å²) in [5.74, 6) is 0.212. The Morgan fingerprint density at radius 2 is 2.21 bits per heavy atom. The summed E-state index contributed by atoms with van der Waals surface area (Å²) in [7, 11) is 1.54. The SMILES string of the molecule is CCC(=O)N1CCC(NC2CCOC2)=C(C(N)=Nc2ccc(C(C=NC)=CN)c(C(F)F)c2)C1. The molecule has 34 heavy (non-hydrogen) atoms. The van der Waals surface area contributed by atoms with Gasteiger partial charge >= 0.3 is 0 Å². The first-order chi connectivity index (χ1) is 16.4. The molecule has 0 bridgehead atoms. The lowest BCUT2D eigenvalue weighted by molar-refractivity contribution is -0.130. The maximum absolute atomic E-state index is 13.8. The van der Waals surface area contributed by atoms with E-state index < -0.39 is 6.43 Å². The summed E-state index contributed by atoms with van der Waals surface area (Å²) in [5, 5.41) is 3.49. The van der Waals surface area contributed by atoms with Crippen LogP contribution in [0.25, 0.3) is 5.57 Å². The van der Waals surface area contributed by atoms with E-state index in [1.54, 1.807) is 18.0 Å². The van der Waals surface area contributed by atoms with Crippen LogP contribution in [0.2, 0.25) is 0 Å². The van der Waals surface area contributed by atoms with Crippen LogP contribution < -0.4 is 16.8 Å². The van der Waals surface area contributed by atoms with Crippen LogP contribution in [-0.4, -0.2) is 62.3 Å². The van der Waals surface area contributed by atoms with Crippen LogP contribution in [0.5, 0.6) is 0 Å². The predicted octanol–water partition coefficient (Wildman–Crippen LogP) is 2.89. The van der Waals surface area contributed by atoms with Crippen molar-refractivity contribution < 1.29 is 18.3 Å². The number of rotatable bonds is 8. The second-order valence-electron chi connectivity index (χ2n) is 8.16. The number of ether oxygens (including phenoxy) is 1. The van der Waals surface area contributed by atoms with Gasteiger partial charge in [0.25, 0.3) is 6.43 Å². The third-order valence-electron chi connectivity index (χ3n) is 5.90. The Hall–Kier alpha value is -3.27. The van der Waals surface area contributed by atoms with Crippen LogP contribution in [0, 0.1) is 0 Å². The summed E-state index contributed by atoms with van der Waals surface area (Å²) < 4.78 is 33.1. The lowest BCUT2D eigenvalue weighted by atomic mass is 10.00. The highest BCUT2D eigenvalue weighted by Gasteiger charge is 2.27. The average Bonchev–Trinajstić information content (AvgIpc) is 3.35. The fraction of sp³-hybridized carbons (Fsp3) is 0.458. The van der Waals surface area contributed by atoms with Gasteiger partial charge in [-0.25, -0.2) is 13.8 Å². The van der Waals surface area contributed by atoms with Crippen molar-refractivity contribution in [3.63, 3.8) is 0 Å². The minimum Gasteiger partial charge on any atom is -0.404 e. The van der Waals surface area contributed by atoms with Crippen molar-refractivity contribution in [2.45, 2.75) is 38.7 Å².